The van der Waals surface area contributed by atoms with Gasteiger partial charge < -0.3 is 10.1 Å². The average molecular weight is 403 g/mol. The largest absolute Gasteiger partial charge is 0.481 e. The first-order chi connectivity index (χ1) is 9.60. The fourth-order valence-corrected chi connectivity index (χ4v) is 2.11. The van der Waals surface area contributed by atoms with Crippen LogP contribution in [-0.4, -0.2) is 18.0 Å². The molecule has 4 nitrogen and oxygen atoms in total. The summed E-state index contributed by atoms with van der Waals surface area (Å²) in [5, 5.41) is 3.40. The maximum atomic E-state index is 12.0. The van der Waals surface area contributed by atoms with E-state index in [4.69, 9.17) is 16.3 Å². The molecule has 6 heteroatoms. The van der Waals surface area contributed by atoms with Gasteiger partial charge in [0.25, 0.3) is 5.91 Å². The number of hydrogen-bond acceptors (Lipinski definition) is 3. The Morgan fingerprint density at radius 3 is 2.90 bits per heavy atom. The number of methoxy groups -OCH3 is 1. The van der Waals surface area contributed by atoms with Gasteiger partial charge >= 0.3 is 0 Å². The Morgan fingerprint density at radius 1 is 1.40 bits per heavy atom. The van der Waals surface area contributed by atoms with Crippen LogP contribution in [0.3, 0.4) is 0 Å². The number of nitrogens with one attached hydrogen (secondary N) is 1. The molecule has 2 rings (SSSR count). The van der Waals surface area contributed by atoms with E-state index in [0.29, 0.717) is 23.0 Å². The normalized spacial score (nSPS) is 10.2. The molecular weight excluding hydrogens is 391 g/mol. The molecule has 0 bridgehead atoms. The number of rotatable bonds is 4. The Labute approximate surface area is 135 Å². The zero-order valence-corrected chi connectivity index (χ0v) is 13.6. The molecular formula is C14H12ClIN2O2. The van der Waals surface area contributed by atoms with Gasteiger partial charge in [-0.3, -0.25) is 4.79 Å². The molecule has 2 aromatic rings. The van der Waals surface area contributed by atoms with Gasteiger partial charge in [0.1, 0.15) is 0 Å². The Balaban J connectivity index is 2.02. The van der Waals surface area contributed by atoms with E-state index in [1.165, 1.54) is 0 Å². The number of aromatic nitrogens is 1. The van der Waals surface area contributed by atoms with Crippen molar-refractivity contribution in [3.05, 3.63) is 56.2 Å². The number of nitrogens with zero attached hydrogens (tertiary/aromatic N) is 1. The zero-order valence-electron chi connectivity index (χ0n) is 10.7. The number of amides is 1. The van der Waals surface area contributed by atoms with Crippen LogP contribution < -0.4 is 10.1 Å². The van der Waals surface area contributed by atoms with Crippen molar-refractivity contribution in [1.29, 1.82) is 0 Å². The third-order valence-electron chi connectivity index (χ3n) is 2.64. The second-order valence-corrected chi connectivity index (χ2v) is 5.59. The molecule has 1 aromatic carbocycles. The second-order valence-electron chi connectivity index (χ2n) is 4.02. The van der Waals surface area contributed by atoms with E-state index in [0.717, 1.165) is 9.13 Å². The monoisotopic (exact) mass is 402 g/mol. The lowest BCUT2D eigenvalue weighted by Crippen LogP contribution is -2.22. The summed E-state index contributed by atoms with van der Waals surface area (Å²) in [6.45, 7) is 0.404. The van der Waals surface area contributed by atoms with E-state index in [2.05, 4.69) is 32.9 Å². The van der Waals surface area contributed by atoms with Crippen LogP contribution >= 0.6 is 34.2 Å². The highest BCUT2D eigenvalue weighted by Crippen LogP contribution is 2.19. The SMILES string of the molecule is COc1cc(CNC(=O)c2ccc(I)c(Cl)c2)ccn1. The van der Waals surface area contributed by atoms with Gasteiger partial charge in [0.15, 0.2) is 0 Å². The van der Waals surface area contributed by atoms with Gasteiger partial charge in [-0.25, -0.2) is 4.98 Å². The zero-order chi connectivity index (χ0) is 14.5. The molecule has 0 fully saturated rings. The van der Waals surface area contributed by atoms with E-state index in [9.17, 15) is 4.79 Å². The molecule has 1 N–H and O–H groups in total. The number of benzene rings is 1. The van der Waals surface area contributed by atoms with Crippen LogP contribution in [0.2, 0.25) is 5.02 Å². The molecule has 0 radical (unpaired) electrons. The minimum Gasteiger partial charge on any atom is -0.481 e. The van der Waals surface area contributed by atoms with Crippen LogP contribution in [0.1, 0.15) is 15.9 Å². The Morgan fingerprint density at radius 2 is 2.20 bits per heavy atom. The molecule has 0 spiro atoms. The van der Waals surface area contributed by atoms with E-state index in [-0.39, 0.29) is 5.91 Å². The van der Waals surface area contributed by atoms with Crippen LogP contribution in [-0.2, 0) is 6.54 Å². The number of hydrogen-bond donors (Lipinski definition) is 1. The minimum absolute atomic E-state index is 0.168. The number of halogens is 2. The summed E-state index contributed by atoms with van der Waals surface area (Å²) in [5.41, 5.74) is 1.46. The molecule has 104 valence electrons. The van der Waals surface area contributed by atoms with Crippen molar-refractivity contribution in [1.82, 2.24) is 10.3 Å². The van der Waals surface area contributed by atoms with Gasteiger partial charge in [-0.1, -0.05) is 11.6 Å². The van der Waals surface area contributed by atoms with Crippen LogP contribution in [0.5, 0.6) is 5.88 Å². The van der Waals surface area contributed by atoms with Gasteiger partial charge in [-0.15, -0.1) is 0 Å². The van der Waals surface area contributed by atoms with Crippen LogP contribution in [0.4, 0.5) is 0 Å². The summed E-state index contributed by atoms with van der Waals surface area (Å²) in [5.74, 6) is 0.355. The highest BCUT2D eigenvalue weighted by atomic mass is 127. The summed E-state index contributed by atoms with van der Waals surface area (Å²) >= 11 is 8.12. The Kier molecular flexibility index (Phi) is 5.19. The lowest BCUT2D eigenvalue weighted by Gasteiger charge is -2.07. The maximum absolute atomic E-state index is 12.0. The van der Waals surface area contributed by atoms with Crippen molar-refractivity contribution in [2.75, 3.05) is 7.11 Å². The first kappa shape index (κ1) is 15.1. The van der Waals surface area contributed by atoms with Gasteiger partial charge in [-0.05, 0) is 52.4 Å². The van der Waals surface area contributed by atoms with Crippen molar-refractivity contribution in [2.45, 2.75) is 6.54 Å². The van der Waals surface area contributed by atoms with E-state index in [1.807, 2.05) is 12.1 Å². The lowest BCUT2D eigenvalue weighted by atomic mass is 10.2. The molecule has 0 saturated carbocycles. The summed E-state index contributed by atoms with van der Waals surface area (Å²) in [7, 11) is 1.55. The third-order valence-corrected chi connectivity index (χ3v) is 4.22. The molecule has 1 heterocycles. The first-order valence-corrected chi connectivity index (χ1v) is 7.28. The topological polar surface area (TPSA) is 51.2 Å². The number of ether oxygens (including phenoxy) is 1. The number of carbonyl (C=O) groups is 1. The fourth-order valence-electron chi connectivity index (χ4n) is 1.59. The molecule has 0 unspecified atom stereocenters. The van der Waals surface area contributed by atoms with E-state index < -0.39 is 0 Å². The van der Waals surface area contributed by atoms with Crippen LogP contribution in [0, 0.1) is 3.57 Å². The molecule has 0 aliphatic rings. The van der Waals surface area contributed by atoms with Crippen molar-refractivity contribution in [2.24, 2.45) is 0 Å². The van der Waals surface area contributed by atoms with E-state index >= 15 is 0 Å². The standard InChI is InChI=1S/C14H12ClIN2O2/c1-20-13-6-9(4-5-17-13)8-18-14(19)10-2-3-12(16)11(15)7-10/h2-7H,8H2,1H3,(H,18,19). The van der Waals surface area contributed by atoms with Gasteiger partial charge in [0.05, 0.1) is 12.1 Å². The van der Waals surface area contributed by atoms with Gasteiger partial charge in [0.2, 0.25) is 5.88 Å². The summed E-state index contributed by atoms with van der Waals surface area (Å²) in [6, 6.07) is 8.82. The summed E-state index contributed by atoms with van der Waals surface area (Å²) in [4.78, 5) is 16.0. The molecule has 20 heavy (non-hydrogen) atoms. The molecule has 1 aromatic heterocycles. The Bertz CT molecular complexity index is 634. The minimum atomic E-state index is -0.168. The van der Waals surface area contributed by atoms with Crippen LogP contribution in [0.25, 0.3) is 0 Å². The average Bonchev–Trinajstić information content (AvgIpc) is 2.47. The number of carbonyl (C=O) groups excluding carboxylic acids is 1. The van der Waals surface area contributed by atoms with E-state index in [1.54, 1.807) is 31.5 Å². The summed E-state index contributed by atoms with van der Waals surface area (Å²) < 4.78 is 5.95. The molecule has 0 atom stereocenters. The summed E-state index contributed by atoms with van der Waals surface area (Å²) in [6.07, 6.45) is 1.64. The van der Waals surface area contributed by atoms with Gasteiger partial charge in [0, 0.05) is 27.9 Å². The van der Waals surface area contributed by atoms with Crippen LogP contribution in [0.15, 0.2) is 36.5 Å². The third kappa shape index (κ3) is 3.83. The van der Waals surface area contributed by atoms with Gasteiger partial charge in [-0.2, -0.15) is 0 Å². The number of pyridine rings is 1. The van der Waals surface area contributed by atoms with Crippen molar-refractivity contribution >= 4 is 40.1 Å². The predicted octanol–water partition coefficient (Wildman–Crippen LogP) is 3.28. The smallest absolute Gasteiger partial charge is 0.251 e. The molecule has 0 aliphatic carbocycles. The predicted molar refractivity (Wildman–Crippen MR) is 86.1 cm³/mol. The Hall–Kier alpha value is -1.34. The van der Waals surface area contributed by atoms with Crippen molar-refractivity contribution in [3.63, 3.8) is 0 Å². The van der Waals surface area contributed by atoms with Crippen molar-refractivity contribution in [3.8, 4) is 5.88 Å². The molecule has 0 aliphatic heterocycles. The molecule has 1 amide bonds. The quantitative estimate of drug-likeness (QED) is 0.799. The second kappa shape index (κ2) is 6.90. The molecule has 0 saturated heterocycles. The highest BCUT2D eigenvalue weighted by molar-refractivity contribution is 14.1. The van der Waals surface area contributed by atoms with Crippen molar-refractivity contribution < 1.29 is 9.53 Å². The lowest BCUT2D eigenvalue weighted by molar-refractivity contribution is 0.0951. The first-order valence-electron chi connectivity index (χ1n) is 5.82. The maximum Gasteiger partial charge on any atom is 0.251 e. The fraction of sp³-hybridized carbons (Fsp3) is 0.143. The highest BCUT2D eigenvalue weighted by Gasteiger charge is 2.08.